The molecule has 1 aromatic carbocycles. The Morgan fingerprint density at radius 3 is 2.57 bits per heavy atom. The second kappa shape index (κ2) is 7.85. The van der Waals surface area contributed by atoms with E-state index in [2.05, 4.69) is 25.3 Å². The van der Waals surface area contributed by atoms with Crippen LogP contribution in [0, 0.1) is 6.92 Å². The number of aryl methyl sites for hydroxylation is 1. The number of H-pyrrole nitrogens is 1. The summed E-state index contributed by atoms with van der Waals surface area (Å²) in [5.74, 6) is 2.11. The number of benzene rings is 1. The molecule has 3 rings (SSSR count). The van der Waals surface area contributed by atoms with Gasteiger partial charge in [-0.25, -0.2) is 9.97 Å². The van der Waals surface area contributed by atoms with Crippen molar-refractivity contribution in [3.63, 3.8) is 0 Å². The van der Waals surface area contributed by atoms with Crippen molar-refractivity contribution in [2.45, 2.75) is 33.3 Å². The molecular formula is C20H25N5O3. The zero-order valence-corrected chi connectivity index (χ0v) is 16.7. The molecule has 0 atom stereocenters. The van der Waals surface area contributed by atoms with Crippen molar-refractivity contribution in [2.75, 3.05) is 19.0 Å². The first kappa shape index (κ1) is 19.6. The van der Waals surface area contributed by atoms with Gasteiger partial charge in [-0.05, 0) is 39.8 Å². The lowest BCUT2D eigenvalue weighted by molar-refractivity contribution is 0.0734. The zero-order chi connectivity index (χ0) is 20.3. The number of hydrogen-bond donors (Lipinski definition) is 3. The van der Waals surface area contributed by atoms with Gasteiger partial charge in [0.2, 0.25) is 11.8 Å². The fourth-order valence-electron chi connectivity index (χ4n) is 2.66. The fourth-order valence-corrected chi connectivity index (χ4v) is 2.66. The van der Waals surface area contributed by atoms with Gasteiger partial charge in [-0.2, -0.15) is 4.98 Å². The van der Waals surface area contributed by atoms with Gasteiger partial charge in [0.05, 0.1) is 30.7 Å². The molecule has 28 heavy (non-hydrogen) atoms. The quantitative estimate of drug-likeness (QED) is 0.573. The van der Waals surface area contributed by atoms with Crippen LogP contribution in [-0.4, -0.2) is 38.8 Å². The first-order chi connectivity index (χ1) is 13.3. The number of aromatic amines is 1. The molecule has 0 amide bonds. The molecule has 0 aliphatic carbocycles. The highest BCUT2D eigenvalue weighted by Crippen LogP contribution is 2.32. The van der Waals surface area contributed by atoms with Crippen molar-refractivity contribution >= 4 is 11.6 Å². The number of rotatable bonds is 7. The third-order valence-corrected chi connectivity index (χ3v) is 4.04. The Labute approximate surface area is 164 Å². The molecule has 2 heterocycles. The van der Waals surface area contributed by atoms with E-state index < -0.39 is 5.60 Å². The number of methoxy groups -OCH3 is 1. The van der Waals surface area contributed by atoms with Crippen molar-refractivity contribution in [2.24, 2.45) is 0 Å². The third-order valence-electron chi connectivity index (χ3n) is 4.04. The van der Waals surface area contributed by atoms with Crippen molar-refractivity contribution in [1.82, 2.24) is 19.9 Å². The van der Waals surface area contributed by atoms with Gasteiger partial charge in [0.1, 0.15) is 17.2 Å². The van der Waals surface area contributed by atoms with Crippen LogP contribution in [0.15, 0.2) is 30.5 Å². The normalized spacial score (nSPS) is 11.4. The number of imidazole rings is 1. The molecule has 148 valence electrons. The minimum atomic E-state index is -1.12. The maximum atomic E-state index is 10.3. The van der Waals surface area contributed by atoms with Gasteiger partial charge >= 0.3 is 0 Å². The lowest BCUT2D eigenvalue weighted by atomic mass is 10.1. The average molecular weight is 383 g/mol. The van der Waals surface area contributed by atoms with Crippen LogP contribution in [-0.2, 0) is 5.60 Å². The summed E-state index contributed by atoms with van der Waals surface area (Å²) in [5.41, 5.74) is 1.83. The number of hydrogen-bond acceptors (Lipinski definition) is 7. The molecule has 0 aliphatic heterocycles. The number of aromatic nitrogens is 4. The largest absolute Gasteiger partial charge is 0.496 e. The number of ether oxygens (including phenoxy) is 2. The number of aliphatic hydroxyl groups is 1. The molecule has 0 saturated carbocycles. The molecule has 8 heteroatoms. The monoisotopic (exact) mass is 383 g/mol. The Kier molecular flexibility index (Phi) is 5.51. The van der Waals surface area contributed by atoms with Gasteiger partial charge in [0, 0.05) is 24.0 Å². The van der Waals surface area contributed by atoms with E-state index in [0.717, 1.165) is 22.8 Å². The van der Waals surface area contributed by atoms with Gasteiger partial charge < -0.3 is 24.9 Å². The zero-order valence-electron chi connectivity index (χ0n) is 16.7. The van der Waals surface area contributed by atoms with E-state index in [-0.39, 0.29) is 0 Å². The minimum absolute atomic E-state index is 0.326. The molecule has 3 N–H and O–H groups in total. The Morgan fingerprint density at radius 2 is 1.96 bits per heavy atom. The van der Waals surface area contributed by atoms with E-state index >= 15 is 0 Å². The summed E-state index contributed by atoms with van der Waals surface area (Å²) in [6.45, 7) is 7.59. The second-order valence-corrected chi connectivity index (χ2v) is 6.84. The van der Waals surface area contributed by atoms with Crippen LogP contribution in [0.3, 0.4) is 0 Å². The summed E-state index contributed by atoms with van der Waals surface area (Å²) in [7, 11) is 1.61. The number of nitrogens with one attached hydrogen (secondary N) is 2. The van der Waals surface area contributed by atoms with Crippen LogP contribution in [0.2, 0.25) is 0 Å². The third kappa shape index (κ3) is 4.40. The molecule has 0 fully saturated rings. The van der Waals surface area contributed by atoms with Crippen LogP contribution >= 0.6 is 0 Å². The van der Waals surface area contributed by atoms with Crippen molar-refractivity contribution in [1.29, 1.82) is 0 Å². The Morgan fingerprint density at radius 1 is 1.18 bits per heavy atom. The Balaban J connectivity index is 1.94. The van der Waals surface area contributed by atoms with E-state index in [1.165, 1.54) is 0 Å². The predicted molar refractivity (Wildman–Crippen MR) is 107 cm³/mol. The molecular weight excluding hydrogens is 358 g/mol. The molecule has 8 nitrogen and oxygen atoms in total. The van der Waals surface area contributed by atoms with Crippen LogP contribution in [0.4, 0.5) is 11.6 Å². The molecule has 0 spiro atoms. The summed E-state index contributed by atoms with van der Waals surface area (Å²) >= 11 is 0. The Hall–Kier alpha value is -3.13. The molecule has 0 radical (unpaired) electrons. The van der Waals surface area contributed by atoms with Crippen LogP contribution < -0.4 is 14.8 Å². The van der Waals surface area contributed by atoms with Crippen LogP contribution in [0.5, 0.6) is 11.6 Å². The maximum Gasteiger partial charge on any atom is 0.230 e. The van der Waals surface area contributed by atoms with Crippen LogP contribution in [0.25, 0.3) is 11.4 Å². The fraction of sp³-hybridized carbons (Fsp3) is 0.350. The van der Waals surface area contributed by atoms with Crippen molar-refractivity contribution in [3.05, 3.63) is 41.9 Å². The van der Waals surface area contributed by atoms with Gasteiger partial charge in [0.25, 0.3) is 0 Å². The number of nitrogens with zero attached hydrogens (tertiary/aromatic N) is 3. The molecule has 0 unspecified atom stereocenters. The lowest BCUT2D eigenvalue weighted by Crippen LogP contribution is -2.19. The summed E-state index contributed by atoms with van der Waals surface area (Å²) in [4.78, 5) is 16.3. The SMILES string of the molecule is CCOc1cc(C(C)(C)O)nc(Nc2ccc(-c3nc(C)c[nH]3)c(OC)c2)n1. The smallest absolute Gasteiger partial charge is 0.230 e. The highest BCUT2D eigenvalue weighted by molar-refractivity contribution is 5.70. The number of anilines is 2. The highest BCUT2D eigenvalue weighted by atomic mass is 16.5. The van der Waals surface area contributed by atoms with E-state index in [9.17, 15) is 5.11 Å². The second-order valence-electron chi connectivity index (χ2n) is 6.84. The summed E-state index contributed by atoms with van der Waals surface area (Å²) < 4.78 is 11.0. The molecule has 0 aliphatic rings. The summed E-state index contributed by atoms with van der Waals surface area (Å²) in [6.07, 6.45) is 1.84. The van der Waals surface area contributed by atoms with Gasteiger partial charge in [-0.3, -0.25) is 0 Å². The predicted octanol–water partition coefficient (Wildman–Crippen LogP) is 3.55. The van der Waals surface area contributed by atoms with E-state index in [1.807, 2.05) is 38.2 Å². The standard InChI is InChI=1S/C20H25N5O3/c1-6-28-17-10-16(20(3,4)26)24-19(25-17)23-13-7-8-14(15(9-13)27-5)18-21-11-12(2)22-18/h7-11,26H,6H2,1-5H3,(H,21,22)(H,23,24,25). The first-order valence-corrected chi connectivity index (χ1v) is 9.02. The lowest BCUT2D eigenvalue weighted by Gasteiger charge is -2.18. The van der Waals surface area contributed by atoms with Gasteiger partial charge in [0.15, 0.2) is 0 Å². The van der Waals surface area contributed by atoms with E-state index in [1.54, 1.807) is 27.0 Å². The molecule has 0 bridgehead atoms. The van der Waals surface area contributed by atoms with Crippen molar-refractivity contribution in [3.8, 4) is 23.0 Å². The molecule has 2 aromatic heterocycles. The Bertz CT molecular complexity index is 963. The minimum Gasteiger partial charge on any atom is -0.496 e. The van der Waals surface area contributed by atoms with Gasteiger partial charge in [-0.1, -0.05) is 0 Å². The topological polar surface area (TPSA) is 105 Å². The summed E-state index contributed by atoms with van der Waals surface area (Å²) in [5, 5.41) is 13.5. The van der Waals surface area contributed by atoms with Crippen molar-refractivity contribution < 1.29 is 14.6 Å². The maximum absolute atomic E-state index is 10.3. The van der Waals surface area contributed by atoms with Gasteiger partial charge in [-0.15, -0.1) is 0 Å². The molecule has 3 aromatic rings. The summed E-state index contributed by atoms with van der Waals surface area (Å²) in [6, 6.07) is 7.27. The van der Waals surface area contributed by atoms with Crippen LogP contribution in [0.1, 0.15) is 32.2 Å². The molecule has 0 saturated heterocycles. The van der Waals surface area contributed by atoms with E-state index in [0.29, 0.717) is 29.9 Å². The average Bonchev–Trinajstić information content (AvgIpc) is 3.07. The highest BCUT2D eigenvalue weighted by Gasteiger charge is 2.21. The first-order valence-electron chi connectivity index (χ1n) is 9.02. The van der Waals surface area contributed by atoms with E-state index in [4.69, 9.17) is 9.47 Å².